The lowest BCUT2D eigenvalue weighted by Crippen LogP contribution is -2.54. The molecule has 0 saturated heterocycles. The van der Waals surface area contributed by atoms with Gasteiger partial charge in [-0.25, -0.2) is 4.99 Å². The average Bonchev–Trinajstić information content (AvgIpc) is 3.56. The fraction of sp³-hybridized carbons (Fsp3) is 0.121. The second kappa shape index (κ2) is 13.7. The van der Waals surface area contributed by atoms with E-state index < -0.39 is 24.0 Å². The van der Waals surface area contributed by atoms with Crippen molar-refractivity contribution in [1.29, 1.82) is 0 Å². The number of hydrogen-bond acceptors (Lipinski definition) is 7. The molecule has 224 valence electrons. The first-order valence-corrected chi connectivity index (χ1v) is 14.7. The number of H-pyrrole nitrogens is 1. The first-order chi connectivity index (χ1) is 22.0. The van der Waals surface area contributed by atoms with E-state index in [1.54, 1.807) is 0 Å². The minimum absolute atomic E-state index is 0.0209. The largest absolute Gasteiger partial charge is 0.350 e. The number of benzene rings is 4. The van der Waals surface area contributed by atoms with Crippen LogP contribution in [0.4, 0.5) is 11.4 Å². The number of aromatic amines is 1. The molecule has 12 heteroatoms. The number of nitrogens with zero attached hydrogens (tertiary/aromatic N) is 5. The Kier molecular flexibility index (Phi) is 8.93. The minimum atomic E-state index is -1.26. The van der Waals surface area contributed by atoms with Gasteiger partial charge in [0.15, 0.2) is 10.9 Å². The molecule has 2 amide bonds. The monoisotopic (exact) mass is 615 g/mol. The highest BCUT2D eigenvalue weighted by atomic mass is 32.1. The van der Waals surface area contributed by atoms with Crippen LogP contribution in [0.25, 0.3) is 0 Å². The smallest absolute Gasteiger partial charge is 0.272 e. The lowest BCUT2D eigenvalue weighted by molar-refractivity contribution is -0.128. The highest BCUT2D eigenvalue weighted by Crippen LogP contribution is 2.29. The summed E-state index contributed by atoms with van der Waals surface area (Å²) < 4.78 is 0. The SMILES string of the molecule is O=C(N[C@H]1N=C(c2ccccc2)c2ccccc2N(Cc2nn[nH]n2)C1=O)[C@H](Cc1ccccc1)NC(=S)Nc1ccccc1. The van der Waals surface area contributed by atoms with E-state index in [4.69, 9.17) is 17.2 Å². The van der Waals surface area contributed by atoms with Crippen molar-refractivity contribution < 1.29 is 9.59 Å². The van der Waals surface area contributed by atoms with Crippen molar-refractivity contribution in [2.24, 2.45) is 4.99 Å². The minimum Gasteiger partial charge on any atom is -0.350 e. The highest BCUT2D eigenvalue weighted by molar-refractivity contribution is 7.80. The van der Waals surface area contributed by atoms with Crippen molar-refractivity contribution in [2.45, 2.75) is 25.2 Å². The Hall–Kier alpha value is -5.75. The van der Waals surface area contributed by atoms with E-state index in [-0.39, 0.29) is 11.7 Å². The summed E-state index contributed by atoms with van der Waals surface area (Å²) in [5.74, 6) is -0.585. The van der Waals surface area contributed by atoms with Gasteiger partial charge in [-0.05, 0) is 36.0 Å². The Morgan fingerprint density at radius 3 is 2.27 bits per heavy atom. The van der Waals surface area contributed by atoms with E-state index in [1.165, 1.54) is 4.90 Å². The maximum absolute atomic E-state index is 14.3. The first-order valence-electron chi connectivity index (χ1n) is 14.3. The van der Waals surface area contributed by atoms with E-state index in [0.717, 1.165) is 22.4 Å². The van der Waals surface area contributed by atoms with Gasteiger partial charge >= 0.3 is 0 Å². The number of anilines is 2. The number of aromatic nitrogens is 4. The van der Waals surface area contributed by atoms with Gasteiger partial charge in [-0.2, -0.15) is 5.21 Å². The topological polar surface area (TPSA) is 140 Å². The molecule has 4 aromatic carbocycles. The van der Waals surface area contributed by atoms with Crippen LogP contribution in [0, 0.1) is 0 Å². The molecule has 2 atom stereocenters. The molecule has 4 N–H and O–H groups in total. The number of carbonyl (C=O) groups is 2. The maximum Gasteiger partial charge on any atom is 0.272 e. The maximum atomic E-state index is 14.3. The van der Waals surface area contributed by atoms with Gasteiger partial charge in [0.2, 0.25) is 12.1 Å². The van der Waals surface area contributed by atoms with Crippen molar-refractivity contribution in [3.05, 3.63) is 138 Å². The van der Waals surface area contributed by atoms with Crippen molar-refractivity contribution >= 4 is 46.2 Å². The first kappa shape index (κ1) is 29.3. The third-order valence-electron chi connectivity index (χ3n) is 7.16. The van der Waals surface area contributed by atoms with Crippen molar-refractivity contribution in [1.82, 2.24) is 31.3 Å². The standard InChI is InChI=1S/C33H29N9O2S/c43-31(26(20-22-12-4-1-5-13-22)35-33(45)34-24-16-8-3-9-17-24)37-30-32(44)42(21-28-38-40-41-39-28)27-19-11-10-18-25(27)29(36-30)23-14-6-2-7-15-23/h1-19,26,30H,20-21H2,(H,37,43)(H2,34,35,45)(H,38,39,40,41)/t26-,30+/m0/s1. The van der Waals surface area contributed by atoms with E-state index >= 15 is 0 Å². The molecule has 0 radical (unpaired) electrons. The summed E-state index contributed by atoms with van der Waals surface area (Å²) in [7, 11) is 0. The summed E-state index contributed by atoms with van der Waals surface area (Å²) in [6.45, 7) is 0.0209. The van der Waals surface area contributed by atoms with Gasteiger partial charge in [-0.1, -0.05) is 102 Å². The number of nitrogens with one attached hydrogen (secondary N) is 4. The average molecular weight is 616 g/mol. The zero-order valence-corrected chi connectivity index (χ0v) is 24.8. The molecule has 11 nitrogen and oxygen atoms in total. The van der Waals surface area contributed by atoms with E-state index in [1.807, 2.05) is 115 Å². The predicted octanol–water partition coefficient (Wildman–Crippen LogP) is 3.62. The van der Waals surface area contributed by atoms with Crippen LogP contribution >= 0.6 is 12.2 Å². The zero-order valence-electron chi connectivity index (χ0n) is 24.0. The van der Waals surface area contributed by atoms with Gasteiger partial charge in [-0.3, -0.25) is 9.59 Å². The Labute approximate surface area is 264 Å². The van der Waals surface area contributed by atoms with Crippen LogP contribution in [0.2, 0.25) is 0 Å². The molecule has 0 saturated carbocycles. The lowest BCUT2D eigenvalue weighted by atomic mass is 10.0. The fourth-order valence-corrected chi connectivity index (χ4v) is 5.30. The molecule has 6 rings (SSSR count). The number of rotatable bonds is 9. The number of thiocarbonyl (C=S) groups is 1. The Morgan fingerprint density at radius 1 is 0.889 bits per heavy atom. The number of hydrogen-bond donors (Lipinski definition) is 4. The number of para-hydroxylation sites is 2. The summed E-state index contributed by atoms with van der Waals surface area (Å²) in [6.07, 6.45) is -0.950. The highest BCUT2D eigenvalue weighted by Gasteiger charge is 2.35. The van der Waals surface area contributed by atoms with Crippen LogP contribution in [0.3, 0.4) is 0 Å². The predicted molar refractivity (Wildman–Crippen MR) is 176 cm³/mol. The normalized spacial score (nSPS) is 14.8. The quantitative estimate of drug-likeness (QED) is 0.184. The number of carbonyl (C=O) groups excluding carboxylic acids is 2. The van der Waals surface area contributed by atoms with Gasteiger partial charge in [0.05, 0.1) is 17.9 Å². The molecule has 5 aromatic rings. The molecule has 0 aliphatic carbocycles. The zero-order chi connectivity index (χ0) is 31.0. The Morgan fingerprint density at radius 2 is 1.56 bits per heavy atom. The van der Waals surface area contributed by atoms with Gasteiger partial charge in [0, 0.05) is 23.2 Å². The molecule has 0 unspecified atom stereocenters. The third-order valence-corrected chi connectivity index (χ3v) is 7.38. The van der Waals surface area contributed by atoms with Crippen LogP contribution in [-0.4, -0.2) is 55.5 Å². The summed E-state index contributed by atoms with van der Waals surface area (Å²) in [5.41, 5.74) is 4.39. The molecule has 2 heterocycles. The van der Waals surface area contributed by atoms with Crippen LogP contribution < -0.4 is 20.9 Å². The van der Waals surface area contributed by atoms with Gasteiger partial charge in [0.1, 0.15) is 6.04 Å². The van der Waals surface area contributed by atoms with Crippen molar-refractivity contribution in [2.75, 3.05) is 10.2 Å². The summed E-state index contributed by atoms with van der Waals surface area (Å²) in [6, 6.07) is 35.2. The second-order valence-corrected chi connectivity index (χ2v) is 10.6. The number of tetrazole rings is 1. The number of fused-ring (bicyclic) bond motifs is 1. The molecule has 1 aliphatic rings. The van der Waals surface area contributed by atoms with Gasteiger partial charge in [0.25, 0.3) is 5.91 Å². The molecular formula is C33H29N9O2S. The van der Waals surface area contributed by atoms with E-state index in [9.17, 15) is 9.59 Å². The van der Waals surface area contributed by atoms with Crippen LogP contribution in [0.5, 0.6) is 0 Å². The molecule has 45 heavy (non-hydrogen) atoms. The van der Waals surface area contributed by atoms with Crippen molar-refractivity contribution in [3.63, 3.8) is 0 Å². The molecule has 1 aliphatic heterocycles. The lowest BCUT2D eigenvalue weighted by Gasteiger charge is -2.26. The van der Waals surface area contributed by atoms with Crippen LogP contribution in [0.1, 0.15) is 22.5 Å². The van der Waals surface area contributed by atoms with E-state index in [0.29, 0.717) is 23.6 Å². The van der Waals surface area contributed by atoms with Crippen LogP contribution in [0.15, 0.2) is 120 Å². The number of amides is 2. The molecule has 0 spiro atoms. The Bertz CT molecular complexity index is 1800. The molecular weight excluding hydrogens is 586 g/mol. The molecule has 0 fully saturated rings. The third kappa shape index (κ3) is 7.08. The second-order valence-electron chi connectivity index (χ2n) is 10.2. The fourth-order valence-electron chi connectivity index (χ4n) is 5.04. The summed E-state index contributed by atoms with van der Waals surface area (Å²) in [5, 5.41) is 23.6. The summed E-state index contributed by atoms with van der Waals surface area (Å²) >= 11 is 5.58. The number of aliphatic imine (C=N–C) groups is 1. The summed E-state index contributed by atoms with van der Waals surface area (Å²) in [4.78, 5) is 34.7. The van der Waals surface area contributed by atoms with E-state index in [2.05, 4.69) is 36.6 Å². The molecule has 1 aromatic heterocycles. The molecule has 0 bridgehead atoms. The van der Waals surface area contributed by atoms with Gasteiger partial charge in [-0.15, -0.1) is 10.2 Å². The van der Waals surface area contributed by atoms with Gasteiger partial charge < -0.3 is 20.9 Å². The number of benzodiazepines with no additional fused rings is 1. The van der Waals surface area contributed by atoms with Crippen LogP contribution in [-0.2, 0) is 22.6 Å². The Balaban J connectivity index is 1.34. The van der Waals surface area contributed by atoms with Crippen molar-refractivity contribution in [3.8, 4) is 0 Å².